The topological polar surface area (TPSA) is 0 Å². The highest BCUT2D eigenvalue weighted by Crippen LogP contribution is 2.32. The van der Waals surface area contributed by atoms with Gasteiger partial charge in [-0.25, -0.2) is 0 Å². The molecule has 71 valence electrons. The Morgan fingerprint density at radius 3 is 2.38 bits per heavy atom. The van der Waals surface area contributed by atoms with Gasteiger partial charge >= 0.3 is 6.18 Å². The van der Waals surface area contributed by atoms with Crippen molar-refractivity contribution in [1.29, 1.82) is 0 Å². The Hall–Kier alpha value is -0.990. The van der Waals surface area contributed by atoms with Crippen LogP contribution in [0.5, 0.6) is 0 Å². The van der Waals surface area contributed by atoms with Gasteiger partial charge in [-0.15, -0.1) is 0 Å². The van der Waals surface area contributed by atoms with Crippen LogP contribution in [0.2, 0.25) is 0 Å². The first kappa shape index (κ1) is 10.1. The van der Waals surface area contributed by atoms with E-state index >= 15 is 0 Å². The Morgan fingerprint density at radius 1 is 1.23 bits per heavy atom. The third-order valence-corrected chi connectivity index (χ3v) is 1.75. The molecule has 3 heteroatoms. The van der Waals surface area contributed by atoms with Crippen LogP contribution in [-0.4, -0.2) is 0 Å². The third-order valence-electron chi connectivity index (χ3n) is 1.75. The van der Waals surface area contributed by atoms with Crippen LogP contribution in [0.1, 0.15) is 18.1 Å². The molecular formula is C10H10F3. The predicted molar refractivity (Wildman–Crippen MR) is 45.1 cm³/mol. The van der Waals surface area contributed by atoms with Crippen molar-refractivity contribution < 1.29 is 13.2 Å². The van der Waals surface area contributed by atoms with E-state index < -0.39 is 11.7 Å². The Bertz CT molecular complexity index is 276. The second-order valence-corrected chi connectivity index (χ2v) is 2.77. The molecule has 0 fully saturated rings. The molecule has 0 unspecified atom stereocenters. The van der Waals surface area contributed by atoms with Gasteiger partial charge in [-0.3, -0.25) is 0 Å². The van der Waals surface area contributed by atoms with Crippen molar-refractivity contribution in [3.63, 3.8) is 0 Å². The minimum absolute atomic E-state index is 0.331. The molecule has 1 aromatic rings. The lowest BCUT2D eigenvalue weighted by Crippen LogP contribution is -2.08. The van der Waals surface area contributed by atoms with E-state index in [1.54, 1.807) is 19.4 Å². The zero-order valence-corrected chi connectivity index (χ0v) is 7.23. The summed E-state index contributed by atoms with van der Waals surface area (Å²) >= 11 is 0. The molecule has 1 radical (unpaired) electrons. The fourth-order valence-corrected chi connectivity index (χ4v) is 1.19. The van der Waals surface area contributed by atoms with Gasteiger partial charge in [0.1, 0.15) is 0 Å². The highest BCUT2D eigenvalue weighted by atomic mass is 19.4. The highest BCUT2D eigenvalue weighted by molar-refractivity contribution is 5.30. The van der Waals surface area contributed by atoms with E-state index in [0.29, 0.717) is 12.0 Å². The van der Waals surface area contributed by atoms with Crippen LogP contribution >= 0.6 is 0 Å². The number of benzene rings is 1. The van der Waals surface area contributed by atoms with Gasteiger partial charge in [-0.05, 0) is 24.5 Å². The summed E-state index contributed by atoms with van der Waals surface area (Å²) in [5, 5.41) is 0. The number of hydrogen-bond donors (Lipinski definition) is 0. The summed E-state index contributed by atoms with van der Waals surface area (Å²) in [7, 11) is 0. The zero-order valence-electron chi connectivity index (χ0n) is 7.23. The summed E-state index contributed by atoms with van der Waals surface area (Å²) in [5.41, 5.74) is -0.203. The summed E-state index contributed by atoms with van der Waals surface area (Å²) in [4.78, 5) is 0. The largest absolute Gasteiger partial charge is 0.416 e. The number of hydrogen-bond acceptors (Lipinski definition) is 0. The van der Waals surface area contributed by atoms with Crippen LogP contribution in [0, 0.1) is 6.42 Å². The lowest BCUT2D eigenvalue weighted by Gasteiger charge is -2.11. The first-order chi connectivity index (χ1) is 6.05. The maximum Gasteiger partial charge on any atom is 0.416 e. The fourth-order valence-electron chi connectivity index (χ4n) is 1.19. The second kappa shape index (κ2) is 3.81. The van der Waals surface area contributed by atoms with E-state index in [2.05, 4.69) is 0 Å². The smallest absolute Gasteiger partial charge is 0.166 e. The summed E-state index contributed by atoms with van der Waals surface area (Å²) in [5.74, 6) is 0. The van der Waals surface area contributed by atoms with Crippen LogP contribution < -0.4 is 0 Å². The van der Waals surface area contributed by atoms with Crippen molar-refractivity contribution in [2.45, 2.75) is 19.5 Å². The average molecular weight is 187 g/mol. The molecular weight excluding hydrogens is 177 g/mol. The third kappa shape index (κ3) is 2.47. The molecule has 0 atom stereocenters. The monoisotopic (exact) mass is 187 g/mol. The van der Waals surface area contributed by atoms with Crippen molar-refractivity contribution in [2.24, 2.45) is 0 Å². The lowest BCUT2D eigenvalue weighted by molar-refractivity contribution is -0.138. The van der Waals surface area contributed by atoms with Crippen LogP contribution in [0.3, 0.4) is 0 Å². The van der Waals surface area contributed by atoms with Crippen molar-refractivity contribution in [1.82, 2.24) is 0 Å². The summed E-state index contributed by atoms with van der Waals surface area (Å²) in [6.07, 6.45) is -2.17. The molecule has 1 rings (SSSR count). The van der Waals surface area contributed by atoms with E-state index in [-0.39, 0.29) is 0 Å². The minimum atomic E-state index is -4.24. The summed E-state index contributed by atoms with van der Waals surface area (Å²) in [6, 6.07) is 5.64. The molecule has 0 spiro atoms. The van der Waals surface area contributed by atoms with Crippen LogP contribution in [0.4, 0.5) is 13.2 Å². The fraction of sp³-hybridized carbons (Fsp3) is 0.300. The normalized spacial score (nSPS) is 11.7. The van der Waals surface area contributed by atoms with E-state index in [1.165, 1.54) is 12.1 Å². The first-order valence-electron chi connectivity index (χ1n) is 3.98. The van der Waals surface area contributed by atoms with Crippen molar-refractivity contribution >= 4 is 0 Å². The van der Waals surface area contributed by atoms with Gasteiger partial charge in [0.2, 0.25) is 0 Å². The van der Waals surface area contributed by atoms with Crippen molar-refractivity contribution in [2.75, 3.05) is 0 Å². The Labute approximate surface area is 75.4 Å². The molecule has 1 aromatic carbocycles. The summed E-state index contributed by atoms with van der Waals surface area (Å²) in [6.45, 7) is 1.74. The van der Waals surface area contributed by atoms with E-state index in [1.807, 2.05) is 0 Å². The molecule has 0 aromatic heterocycles. The standard InChI is InChI=1S/C10H10F3/c1-2-5-8-6-3-4-7-9(8)10(11,12)13/h2-4,6-7H,5H2,1H3. The molecule has 0 amide bonds. The lowest BCUT2D eigenvalue weighted by atomic mass is 10.0. The van der Waals surface area contributed by atoms with Crippen molar-refractivity contribution in [3.8, 4) is 0 Å². The van der Waals surface area contributed by atoms with Gasteiger partial charge in [0.25, 0.3) is 0 Å². The van der Waals surface area contributed by atoms with E-state index in [4.69, 9.17) is 0 Å². The molecule has 13 heavy (non-hydrogen) atoms. The van der Waals surface area contributed by atoms with Gasteiger partial charge in [0.15, 0.2) is 0 Å². The molecule has 0 aliphatic rings. The molecule has 0 saturated heterocycles. The SMILES string of the molecule is C[CH]Cc1ccccc1C(F)(F)F. The molecule has 0 saturated carbocycles. The van der Waals surface area contributed by atoms with Gasteiger partial charge in [0.05, 0.1) is 5.56 Å². The maximum atomic E-state index is 12.4. The van der Waals surface area contributed by atoms with Crippen LogP contribution in [0.15, 0.2) is 24.3 Å². The van der Waals surface area contributed by atoms with E-state index in [9.17, 15) is 13.2 Å². The Morgan fingerprint density at radius 2 is 1.85 bits per heavy atom. The average Bonchev–Trinajstić information content (AvgIpc) is 2.04. The molecule has 0 nitrogen and oxygen atoms in total. The van der Waals surface area contributed by atoms with Gasteiger partial charge in [0, 0.05) is 0 Å². The van der Waals surface area contributed by atoms with Gasteiger partial charge in [-0.1, -0.05) is 25.1 Å². The first-order valence-corrected chi connectivity index (χ1v) is 3.98. The minimum Gasteiger partial charge on any atom is -0.166 e. The van der Waals surface area contributed by atoms with Gasteiger partial charge < -0.3 is 0 Å². The number of halogens is 3. The van der Waals surface area contributed by atoms with Crippen LogP contribution in [-0.2, 0) is 12.6 Å². The Balaban J connectivity index is 3.05. The predicted octanol–water partition coefficient (Wildman–Crippen LogP) is 3.47. The quantitative estimate of drug-likeness (QED) is 0.665. The van der Waals surface area contributed by atoms with E-state index in [0.717, 1.165) is 6.07 Å². The maximum absolute atomic E-state index is 12.4. The summed E-state index contributed by atoms with van der Waals surface area (Å²) < 4.78 is 37.1. The van der Waals surface area contributed by atoms with Gasteiger partial charge in [-0.2, -0.15) is 13.2 Å². The zero-order chi connectivity index (χ0) is 9.90. The molecule has 0 aliphatic carbocycles. The Kier molecular flexibility index (Phi) is 2.96. The molecule has 0 aliphatic heterocycles. The van der Waals surface area contributed by atoms with Crippen LogP contribution in [0.25, 0.3) is 0 Å². The highest BCUT2D eigenvalue weighted by Gasteiger charge is 2.32. The number of alkyl halides is 3. The van der Waals surface area contributed by atoms with Crippen molar-refractivity contribution in [3.05, 3.63) is 41.8 Å². The molecule has 0 bridgehead atoms. The number of rotatable bonds is 2. The molecule has 0 heterocycles. The second-order valence-electron chi connectivity index (χ2n) is 2.77. The molecule has 0 N–H and O–H groups in total.